The van der Waals surface area contributed by atoms with Crippen LogP contribution in [0.15, 0.2) is 40.9 Å². The fraction of sp³-hybridized carbons (Fsp3) is 0.231. The number of carbonyl (C=O) groups excluding carboxylic acids is 1. The van der Waals surface area contributed by atoms with Gasteiger partial charge in [-0.1, -0.05) is 35.5 Å². The van der Waals surface area contributed by atoms with E-state index in [2.05, 4.69) is 15.8 Å². The molecule has 5 nitrogen and oxygen atoms in total. The molecule has 0 radical (unpaired) electrons. The first kappa shape index (κ1) is 12.3. The fourth-order valence-electron chi connectivity index (χ4n) is 1.72. The van der Waals surface area contributed by atoms with Crippen molar-refractivity contribution in [1.29, 1.82) is 0 Å². The zero-order valence-corrected chi connectivity index (χ0v) is 10.3. The molecule has 0 bridgehead atoms. The third-order valence-corrected chi connectivity index (χ3v) is 2.56. The van der Waals surface area contributed by atoms with Gasteiger partial charge in [0.05, 0.1) is 0 Å². The van der Waals surface area contributed by atoms with Crippen molar-refractivity contribution in [2.45, 2.75) is 13.0 Å². The largest absolute Gasteiger partial charge is 0.360 e. The Morgan fingerprint density at radius 1 is 1.33 bits per heavy atom. The number of aromatic nitrogens is 1. The number of likely N-dealkylation sites (N-methyl/N-ethyl adjacent to an activating group) is 1. The summed E-state index contributed by atoms with van der Waals surface area (Å²) in [4.78, 5) is 12.1. The first-order chi connectivity index (χ1) is 8.70. The fourth-order valence-corrected chi connectivity index (χ4v) is 1.72. The van der Waals surface area contributed by atoms with E-state index in [4.69, 9.17) is 4.52 Å². The standard InChI is InChI=1S/C13H15N3O2/c1-9-8-11(16-18-9)15-13(17)12(14-2)10-6-4-3-5-7-10/h3-8,12,14H,1-2H3,(H,15,16,17). The van der Waals surface area contributed by atoms with Gasteiger partial charge in [-0.2, -0.15) is 0 Å². The summed E-state index contributed by atoms with van der Waals surface area (Å²) in [5.74, 6) is 0.914. The van der Waals surface area contributed by atoms with Crippen LogP contribution in [0, 0.1) is 6.92 Å². The molecule has 0 aliphatic rings. The van der Waals surface area contributed by atoms with E-state index >= 15 is 0 Å². The average Bonchev–Trinajstić information content (AvgIpc) is 2.77. The first-order valence-electron chi connectivity index (χ1n) is 5.67. The highest BCUT2D eigenvalue weighted by Gasteiger charge is 2.19. The van der Waals surface area contributed by atoms with Gasteiger partial charge in [0.15, 0.2) is 5.82 Å². The smallest absolute Gasteiger partial charge is 0.247 e. The van der Waals surface area contributed by atoms with E-state index in [1.807, 2.05) is 30.3 Å². The van der Waals surface area contributed by atoms with Crippen LogP contribution < -0.4 is 10.6 Å². The van der Waals surface area contributed by atoms with E-state index < -0.39 is 6.04 Å². The van der Waals surface area contributed by atoms with Crippen LogP contribution >= 0.6 is 0 Å². The molecular weight excluding hydrogens is 230 g/mol. The molecule has 2 rings (SSSR count). The lowest BCUT2D eigenvalue weighted by molar-refractivity contribution is -0.118. The van der Waals surface area contributed by atoms with Crippen molar-refractivity contribution in [2.75, 3.05) is 12.4 Å². The summed E-state index contributed by atoms with van der Waals surface area (Å²) in [6.07, 6.45) is 0. The number of benzene rings is 1. The van der Waals surface area contributed by atoms with Crippen molar-refractivity contribution in [2.24, 2.45) is 0 Å². The van der Waals surface area contributed by atoms with E-state index in [1.54, 1.807) is 20.0 Å². The van der Waals surface area contributed by atoms with Gasteiger partial charge in [-0.25, -0.2) is 0 Å². The second kappa shape index (κ2) is 5.46. The topological polar surface area (TPSA) is 67.2 Å². The van der Waals surface area contributed by atoms with Crippen molar-refractivity contribution < 1.29 is 9.32 Å². The molecule has 0 fully saturated rings. The number of amides is 1. The summed E-state index contributed by atoms with van der Waals surface area (Å²) < 4.78 is 4.90. The SMILES string of the molecule is CNC(C(=O)Nc1cc(C)on1)c1ccccc1. The van der Waals surface area contributed by atoms with Gasteiger partial charge in [0.1, 0.15) is 11.8 Å². The minimum absolute atomic E-state index is 0.169. The molecule has 1 heterocycles. The van der Waals surface area contributed by atoms with Crippen LogP contribution in [0.5, 0.6) is 0 Å². The van der Waals surface area contributed by atoms with Gasteiger partial charge < -0.3 is 15.2 Å². The third-order valence-electron chi connectivity index (χ3n) is 2.56. The summed E-state index contributed by atoms with van der Waals surface area (Å²) in [6, 6.07) is 10.8. The third kappa shape index (κ3) is 2.75. The molecule has 0 saturated carbocycles. The zero-order chi connectivity index (χ0) is 13.0. The highest BCUT2D eigenvalue weighted by Crippen LogP contribution is 2.15. The summed E-state index contributed by atoms with van der Waals surface area (Å²) >= 11 is 0. The van der Waals surface area contributed by atoms with Crippen LogP contribution in [0.3, 0.4) is 0 Å². The Morgan fingerprint density at radius 3 is 2.61 bits per heavy atom. The Bertz CT molecular complexity index is 522. The summed E-state index contributed by atoms with van der Waals surface area (Å²) in [5, 5.41) is 9.41. The van der Waals surface area contributed by atoms with Crippen molar-refractivity contribution in [3.8, 4) is 0 Å². The zero-order valence-electron chi connectivity index (χ0n) is 10.3. The Morgan fingerprint density at radius 2 is 2.06 bits per heavy atom. The van der Waals surface area contributed by atoms with E-state index in [0.717, 1.165) is 5.56 Å². The van der Waals surface area contributed by atoms with E-state index in [0.29, 0.717) is 11.6 Å². The van der Waals surface area contributed by atoms with E-state index in [-0.39, 0.29) is 5.91 Å². The van der Waals surface area contributed by atoms with Crippen molar-refractivity contribution >= 4 is 11.7 Å². The predicted octanol–water partition coefficient (Wildman–Crippen LogP) is 1.88. The summed E-state index contributed by atoms with van der Waals surface area (Å²) in [7, 11) is 1.74. The van der Waals surface area contributed by atoms with Crippen LogP contribution in [0.2, 0.25) is 0 Å². The molecule has 5 heteroatoms. The highest BCUT2D eigenvalue weighted by molar-refractivity contribution is 5.94. The minimum Gasteiger partial charge on any atom is -0.360 e. The van der Waals surface area contributed by atoms with Crippen LogP contribution in [-0.4, -0.2) is 18.1 Å². The molecule has 0 aliphatic carbocycles. The van der Waals surface area contributed by atoms with Gasteiger partial charge in [0, 0.05) is 6.07 Å². The lowest BCUT2D eigenvalue weighted by Crippen LogP contribution is -2.30. The van der Waals surface area contributed by atoms with Crippen LogP contribution in [-0.2, 0) is 4.79 Å². The normalized spacial score (nSPS) is 12.1. The van der Waals surface area contributed by atoms with Gasteiger partial charge in [-0.3, -0.25) is 4.79 Å². The number of anilines is 1. The molecule has 1 amide bonds. The molecule has 2 aromatic rings. The highest BCUT2D eigenvalue weighted by atomic mass is 16.5. The Hall–Kier alpha value is -2.14. The molecular formula is C13H15N3O2. The lowest BCUT2D eigenvalue weighted by Gasteiger charge is -2.15. The predicted molar refractivity (Wildman–Crippen MR) is 68.1 cm³/mol. The van der Waals surface area contributed by atoms with Crippen LogP contribution in [0.1, 0.15) is 17.4 Å². The molecule has 1 atom stereocenters. The van der Waals surface area contributed by atoms with Gasteiger partial charge in [-0.05, 0) is 19.5 Å². The van der Waals surface area contributed by atoms with Crippen molar-refractivity contribution in [3.63, 3.8) is 0 Å². The monoisotopic (exact) mass is 245 g/mol. The van der Waals surface area contributed by atoms with Crippen molar-refractivity contribution in [3.05, 3.63) is 47.7 Å². The number of hydrogen-bond acceptors (Lipinski definition) is 4. The summed E-state index contributed by atoms with van der Waals surface area (Å²) in [5.41, 5.74) is 0.901. The Labute approximate surface area is 105 Å². The van der Waals surface area contributed by atoms with E-state index in [9.17, 15) is 4.79 Å². The maximum Gasteiger partial charge on any atom is 0.247 e. The number of carbonyl (C=O) groups is 1. The van der Waals surface area contributed by atoms with Crippen LogP contribution in [0.25, 0.3) is 0 Å². The molecule has 0 aliphatic heterocycles. The second-order valence-electron chi connectivity index (χ2n) is 3.94. The number of rotatable bonds is 4. The van der Waals surface area contributed by atoms with Gasteiger partial charge in [0.25, 0.3) is 0 Å². The summed E-state index contributed by atoms with van der Waals surface area (Å²) in [6.45, 7) is 1.77. The number of hydrogen-bond donors (Lipinski definition) is 2. The molecule has 18 heavy (non-hydrogen) atoms. The quantitative estimate of drug-likeness (QED) is 0.863. The molecule has 0 saturated heterocycles. The number of aryl methyl sites for hydroxylation is 1. The minimum atomic E-state index is -0.414. The Kier molecular flexibility index (Phi) is 3.74. The van der Waals surface area contributed by atoms with Crippen LogP contribution in [0.4, 0.5) is 5.82 Å². The van der Waals surface area contributed by atoms with Crippen molar-refractivity contribution in [1.82, 2.24) is 10.5 Å². The molecule has 2 N–H and O–H groups in total. The second-order valence-corrected chi connectivity index (χ2v) is 3.94. The molecule has 1 aromatic carbocycles. The number of nitrogens with one attached hydrogen (secondary N) is 2. The average molecular weight is 245 g/mol. The maximum absolute atomic E-state index is 12.1. The lowest BCUT2D eigenvalue weighted by atomic mass is 10.1. The molecule has 1 aromatic heterocycles. The van der Waals surface area contributed by atoms with Gasteiger partial charge in [-0.15, -0.1) is 0 Å². The first-order valence-corrected chi connectivity index (χ1v) is 5.67. The molecule has 94 valence electrons. The van der Waals surface area contributed by atoms with Gasteiger partial charge >= 0.3 is 0 Å². The maximum atomic E-state index is 12.1. The molecule has 0 spiro atoms. The number of nitrogens with zero attached hydrogens (tertiary/aromatic N) is 1. The van der Waals surface area contributed by atoms with Gasteiger partial charge in [0.2, 0.25) is 5.91 Å². The van der Waals surface area contributed by atoms with E-state index in [1.165, 1.54) is 0 Å². The molecule has 1 unspecified atom stereocenters. The Balaban J connectivity index is 2.11.